The molecule has 0 saturated carbocycles. The van der Waals surface area contributed by atoms with E-state index in [0.29, 0.717) is 42.8 Å². The van der Waals surface area contributed by atoms with Gasteiger partial charge in [-0.2, -0.15) is 0 Å². The van der Waals surface area contributed by atoms with Crippen LogP contribution in [0.5, 0.6) is 5.75 Å². The molecule has 3 rings (SSSR count). The number of likely N-dealkylation sites (tertiary alicyclic amines) is 1. The molecule has 2 aromatic carbocycles. The molecule has 29 heavy (non-hydrogen) atoms. The fraction of sp³-hybridized carbons (Fsp3) is 0.318. The van der Waals surface area contributed by atoms with Gasteiger partial charge in [0.15, 0.2) is 0 Å². The molecule has 1 heterocycles. The summed E-state index contributed by atoms with van der Waals surface area (Å²) in [4.78, 5) is 38.5. The quantitative estimate of drug-likeness (QED) is 0.781. The number of nitrogens with one attached hydrogen (secondary N) is 2. The van der Waals surface area contributed by atoms with E-state index in [1.54, 1.807) is 60.5 Å². The molecule has 2 aromatic rings. The van der Waals surface area contributed by atoms with Gasteiger partial charge in [0.1, 0.15) is 5.75 Å². The van der Waals surface area contributed by atoms with Crippen LogP contribution in [0.1, 0.15) is 33.6 Å². The fourth-order valence-corrected chi connectivity index (χ4v) is 3.24. The van der Waals surface area contributed by atoms with Crippen molar-refractivity contribution in [1.82, 2.24) is 15.5 Å². The van der Waals surface area contributed by atoms with Crippen LogP contribution in [0.15, 0.2) is 54.6 Å². The molecule has 3 amide bonds. The molecular formula is C22H25N3O4. The Hall–Kier alpha value is -3.35. The molecule has 0 radical (unpaired) electrons. The van der Waals surface area contributed by atoms with E-state index in [0.717, 1.165) is 0 Å². The van der Waals surface area contributed by atoms with Gasteiger partial charge in [-0.3, -0.25) is 14.4 Å². The Morgan fingerprint density at radius 1 is 0.931 bits per heavy atom. The second-order valence-electron chi connectivity index (χ2n) is 6.91. The van der Waals surface area contributed by atoms with Crippen molar-refractivity contribution in [2.75, 3.05) is 26.7 Å². The van der Waals surface area contributed by atoms with Gasteiger partial charge in [-0.25, -0.2) is 0 Å². The summed E-state index contributed by atoms with van der Waals surface area (Å²) >= 11 is 0. The summed E-state index contributed by atoms with van der Waals surface area (Å²) < 4.78 is 5.10. The van der Waals surface area contributed by atoms with Gasteiger partial charge in [-0.15, -0.1) is 0 Å². The van der Waals surface area contributed by atoms with Crippen LogP contribution in [0.4, 0.5) is 0 Å². The Morgan fingerprint density at radius 3 is 2.17 bits per heavy atom. The minimum Gasteiger partial charge on any atom is -0.497 e. The largest absolute Gasteiger partial charge is 0.497 e. The van der Waals surface area contributed by atoms with Crippen LogP contribution in [0, 0.1) is 0 Å². The minimum absolute atomic E-state index is 0.0209. The number of nitrogens with zero attached hydrogens (tertiary/aromatic N) is 1. The lowest BCUT2D eigenvalue weighted by Crippen LogP contribution is -2.49. The highest BCUT2D eigenvalue weighted by atomic mass is 16.5. The van der Waals surface area contributed by atoms with E-state index in [-0.39, 0.29) is 30.3 Å². The lowest BCUT2D eigenvalue weighted by molar-refractivity contribution is -0.131. The average Bonchev–Trinajstić information content (AvgIpc) is 2.78. The zero-order chi connectivity index (χ0) is 20.6. The molecule has 1 fully saturated rings. The fourth-order valence-electron chi connectivity index (χ4n) is 3.24. The molecule has 0 unspecified atom stereocenters. The van der Waals surface area contributed by atoms with Gasteiger partial charge >= 0.3 is 0 Å². The maximum atomic E-state index is 12.4. The molecule has 0 aliphatic carbocycles. The second kappa shape index (κ2) is 9.73. The Labute approximate surface area is 170 Å². The molecule has 7 nitrogen and oxygen atoms in total. The zero-order valence-corrected chi connectivity index (χ0v) is 16.4. The highest BCUT2D eigenvalue weighted by Crippen LogP contribution is 2.14. The van der Waals surface area contributed by atoms with Crippen molar-refractivity contribution in [2.45, 2.75) is 18.9 Å². The molecule has 0 bridgehead atoms. The first kappa shape index (κ1) is 20.4. The molecule has 0 spiro atoms. The zero-order valence-electron chi connectivity index (χ0n) is 16.4. The van der Waals surface area contributed by atoms with Gasteiger partial charge in [-0.05, 0) is 49.2 Å². The van der Waals surface area contributed by atoms with Crippen LogP contribution in [0.2, 0.25) is 0 Å². The van der Waals surface area contributed by atoms with E-state index in [2.05, 4.69) is 10.6 Å². The molecule has 1 aliphatic heterocycles. The number of carbonyl (C=O) groups is 3. The van der Waals surface area contributed by atoms with Gasteiger partial charge in [0.2, 0.25) is 5.91 Å². The summed E-state index contributed by atoms with van der Waals surface area (Å²) in [5.74, 6) is 0.190. The normalized spacial score (nSPS) is 14.2. The topological polar surface area (TPSA) is 87.7 Å². The first-order chi connectivity index (χ1) is 14.1. The summed E-state index contributed by atoms with van der Waals surface area (Å²) in [5, 5.41) is 5.68. The molecule has 0 aromatic heterocycles. The van der Waals surface area contributed by atoms with Crippen LogP contribution < -0.4 is 15.4 Å². The maximum absolute atomic E-state index is 12.4. The number of piperidine rings is 1. The second-order valence-corrected chi connectivity index (χ2v) is 6.91. The van der Waals surface area contributed by atoms with Crippen molar-refractivity contribution in [2.24, 2.45) is 0 Å². The number of rotatable bonds is 6. The maximum Gasteiger partial charge on any atom is 0.251 e. The SMILES string of the molecule is COc1ccc(C(=O)NC2CCN(C(=O)CNC(=O)c3ccccc3)CC2)cc1. The Morgan fingerprint density at radius 2 is 1.55 bits per heavy atom. The minimum atomic E-state index is -0.263. The number of benzene rings is 2. The summed E-state index contributed by atoms with van der Waals surface area (Å²) in [5.41, 5.74) is 1.10. The Bertz CT molecular complexity index is 844. The summed E-state index contributed by atoms with van der Waals surface area (Å²) in [6.45, 7) is 1.07. The van der Waals surface area contributed by atoms with Crippen LogP contribution in [-0.2, 0) is 4.79 Å². The predicted molar refractivity (Wildman–Crippen MR) is 109 cm³/mol. The van der Waals surface area contributed by atoms with E-state index in [4.69, 9.17) is 4.74 Å². The van der Waals surface area contributed by atoms with Gasteiger partial charge in [0.05, 0.1) is 13.7 Å². The number of ether oxygens (including phenoxy) is 1. The third-order valence-electron chi connectivity index (χ3n) is 4.97. The van der Waals surface area contributed by atoms with Crippen molar-refractivity contribution < 1.29 is 19.1 Å². The van der Waals surface area contributed by atoms with Crippen LogP contribution in [0.25, 0.3) is 0 Å². The average molecular weight is 395 g/mol. The molecule has 2 N–H and O–H groups in total. The van der Waals surface area contributed by atoms with Crippen LogP contribution in [0.3, 0.4) is 0 Å². The van der Waals surface area contributed by atoms with E-state index in [1.165, 1.54) is 0 Å². The van der Waals surface area contributed by atoms with Crippen LogP contribution in [-0.4, -0.2) is 55.4 Å². The van der Waals surface area contributed by atoms with E-state index in [9.17, 15) is 14.4 Å². The van der Waals surface area contributed by atoms with Gasteiger partial charge in [-0.1, -0.05) is 18.2 Å². The Balaban J connectivity index is 1.41. The number of amides is 3. The number of hydrogen-bond acceptors (Lipinski definition) is 4. The smallest absolute Gasteiger partial charge is 0.251 e. The molecule has 1 aliphatic rings. The van der Waals surface area contributed by atoms with Crippen molar-refractivity contribution in [3.05, 3.63) is 65.7 Å². The van der Waals surface area contributed by atoms with Crippen molar-refractivity contribution in [1.29, 1.82) is 0 Å². The molecule has 1 saturated heterocycles. The van der Waals surface area contributed by atoms with Gasteiger partial charge in [0, 0.05) is 30.3 Å². The lowest BCUT2D eigenvalue weighted by Gasteiger charge is -2.32. The molecule has 0 atom stereocenters. The van der Waals surface area contributed by atoms with Crippen molar-refractivity contribution in [3.8, 4) is 5.75 Å². The van der Waals surface area contributed by atoms with Gasteiger partial charge < -0.3 is 20.3 Å². The monoisotopic (exact) mass is 395 g/mol. The van der Waals surface area contributed by atoms with E-state index >= 15 is 0 Å². The van der Waals surface area contributed by atoms with E-state index < -0.39 is 0 Å². The Kier molecular flexibility index (Phi) is 6.84. The molecule has 7 heteroatoms. The van der Waals surface area contributed by atoms with E-state index in [1.807, 2.05) is 6.07 Å². The summed E-state index contributed by atoms with van der Waals surface area (Å²) in [6, 6.07) is 15.8. The first-order valence-corrected chi connectivity index (χ1v) is 9.63. The molecule has 152 valence electrons. The number of carbonyl (C=O) groups excluding carboxylic acids is 3. The highest BCUT2D eigenvalue weighted by Gasteiger charge is 2.24. The summed E-state index contributed by atoms with van der Waals surface area (Å²) in [7, 11) is 1.58. The van der Waals surface area contributed by atoms with Crippen molar-refractivity contribution >= 4 is 17.7 Å². The first-order valence-electron chi connectivity index (χ1n) is 9.63. The number of methoxy groups -OCH3 is 1. The third-order valence-corrected chi connectivity index (χ3v) is 4.97. The van der Waals surface area contributed by atoms with Crippen molar-refractivity contribution in [3.63, 3.8) is 0 Å². The third kappa shape index (κ3) is 5.57. The molecular weight excluding hydrogens is 370 g/mol. The highest BCUT2D eigenvalue weighted by molar-refractivity contribution is 5.96. The lowest BCUT2D eigenvalue weighted by atomic mass is 10.0. The number of hydrogen-bond donors (Lipinski definition) is 2. The van der Waals surface area contributed by atoms with Gasteiger partial charge in [0.25, 0.3) is 11.8 Å². The summed E-state index contributed by atoms with van der Waals surface area (Å²) in [6.07, 6.45) is 1.36. The predicted octanol–water partition coefficient (Wildman–Crippen LogP) is 1.85. The van der Waals surface area contributed by atoms with Crippen LogP contribution >= 0.6 is 0 Å². The standard InChI is InChI=1S/C22H25N3O4/c1-29-19-9-7-17(8-10-19)22(28)24-18-11-13-25(14-12-18)20(26)15-23-21(27)16-5-3-2-4-6-16/h2-10,18H,11-15H2,1H3,(H,23,27)(H,24,28).